The van der Waals surface area contributed by atoms with Gasteiger partial charge in [-0.25, -0.2) is 22.8 Å². The quantitative estimate of drug-likeness (QED) is 0.835. The number of fused-ring (bicyclic) bond motifs is 1. The number of sulfonamides is 1. The second-order valence-electron chi connectivity index (χ2n) is 5.69. The van der Waals surface area contributed by atoms with Crippen molar-refractivity contribution in [2.45, 2.75) is 43.9 Å². The summed E-state index contributed by atoms with van der Waals surface area (Å²) in [6.45, 7) is 2.60. The SMILES string of the molecule is COCc1nc2n(n1)CCCC2NS(=O)(=O)c1c(C)nn(C)c1Cl. The zero-order valence-electron chi connectivity index (χ0n) is 13.7. The smallest absolute Gasteiger partial charge is 0.246 e. The van der Waals surface area contributed by atoms with E-state index in [0.717, 1.165) is 6.42 Å². The molecule has 0 radical (unpaired) electrons. The van der Waals surface area contributed by atoms with Crippen LogP contribution >= 0.6 is 11.6 Å². The normalized spacial score (nSPS) is 17.9. The average Bonchev–Trinajstić information content (AvgIpc) is 3.01. The highest BCUT2D eigenvalue weighted by Gasteiger charge is 2.32. The van der Waals surface area contributed by atoms with E-state index in [9.17, 15) is 8.42 Å². The number of aromatic nitrogens is 5. The molecule has 0 saturated carbocycles. The fourth-order valence-corrected chi connectivity index (χ4v) is 4.84. The molecule has 1 aliphatic heterocycles. The van der Waals surface area contributed by atoms with E-state index in [4.69, 9.17) is 16.3 Å². The van der Waals surface area contributed by atoms with Crippen molar-refractivity contribution in [3.63, 3.8) is 0 Å². The highest BCUT2D eigenvalue weighted by molar-refractivity contribution is 7.89. The molecule has 132 valence electrons. The predicted octanol–water partition coefficient (Wildman–Crippen LogP) is 0.933. The second kappa shape index (κ2) is 6.43. The standard InChI is InChI=1S/C13H19ClN6O3S/c1-8-11(12(14)19(2)16-8)24(21,22)18-9-5-4-6-20-13(9)15-10(17-20)7-23-3/h9,18H,4-7H2,1-3H3. The molecule has 1 unspecified atom stereocenters. The van der Waals surface area contributed by atoms with Crippen molar-refractivity contribution in [1.82, 2.24) is 29.3 Å². The zero-order chi connectivity index (χ0) is 17.5. The van der Waals surface area contributed by atoms with Crippen LogP contribution in [0.5, 0.6) is 0 Å². The van der Waals surface area contributed by atoms with Gasteiger partial charge in [-0.05, 0) is 19.8 Å². The molecule has 1 N–H and O–H groups in total. The maximum Gasteiger partial charge on any atom is 0.246 e. The number of methoxy groups -OCH3 is 1. The number of ether oxygens (including phenoxy) is 1. The number of halogens is 1. The van der Waals surface area contributed by atoms with Crippen LogP contribution in [0.15, 0.2) is 4.90 Å². The van der Waals surface area contributed by atoms with Crippen LogP contribution in [0.1, 0.15) is 36.2 Å². The Kier molecular flexibility index (Phi) is 4.65. The fraction of sp³-hybridized carbons (Fsp3) is 0.615. The summed E-state index contributed by atoms with van der Waals surface area (Å²) in [5.41, 5.74) is 0.354. The molecule has 1 aliphatic rings. The van der Waals surface area contributed by atoms with E-state index in [0.29, 0.717) is 30.3 Å². The Balaban J connectivity index is 1.92. The van der Waals surface area contributed by atoms with Gasteiger partial charge in [0.2, 0.25) is 10.0 Å². The molecule has 0 aliphatic carbocycles. The van der Waals surface area contributed by atoms with E-state index in [-0.39, 0.29) is 16.7 Å². The van der Waals surface area contributed by atoms with E-state index in [1.54, 1.807) is 25.8 Å². The van der Waals surface area contributed by atoms with Crippen LogP contribution < -0.4 is 4.72 Å². The number of hydrogen-bond donors (Lipinski definition) is 1. The van der Waals surface area contributed by atoms with Gasteiger partial charge >= 0.3 is 0 Å². The molecule has 11 heteroatoms. The lowest BCUT2D eigenvalue weighted by Gasteiger charge is -2.22. The van der Waals surface area contributed by atoms with Crippen molar-refractivity contribution in [3.8, 4) is 0 Å². The van der Waals surface area contributed by atoms with E-state index >= 15 is 0 Å². The van der Waals surface area contributed by atoms with Crippen LogP contribution in [0.4, 0.5) is 0 Å². The van der Waals surface area contributed by atoms with Crippen LogP contribution in [0.3, 0.4) is 0 Å². The molecular formula is C13H19ClN6O3S. The number of nitrogens with one attached hydrogen (secondary N) is 1. The molecule has 0 bridgehead atoms. The molecule has 0 aromatic carbocycles. The Morgan fingerprint density at radius 2 is 2.17 bits per heavy atom. The van der Waals surface area contributed by atoms with Gasteiger partial charge in [-0.1, -0.05) is 11.6 Å². The molecule has 3 rings (SSSR count). The Hall–Kier alpha value is -1.49. The average molecular weight is 375 g/mol. The van der Waals surface area contributed by atoms with Crippen LogP contribution in [0.25, 0.3) is 0 Å². The van der Waals surface area contributed by atoms with Gasteiger partial charge in [0, 0.05) is 20.7 Å². The lowest BCUT2D eigenvalue weighted by Crippen LogP contribution is -2.33. The second-order valence-corrected chi connectivity index (χ2v) is 7.70. The van der Waals surface area contributed by atoms with E-state index in [2.05, 4.69) is 19.9 Å². The third-order valence-electron chi connectivity index (χ3n) is 3.86. The summed E-state index contributed by atoms with van der Waals surface area (Å²) in [6.07, 6.45) is 1.44. The zero-order valence-corrected chi connectivity index (χ0v) is 15.2. The van der Waals surface area contributed by atoms with Crippen LogP contribution in [-0.4, -0.2) is 40.1 Å². The summed E-state index contributed by atoms with van der Waals surface area (Å²) in [5.74, 6) is 1.13. The van der Waals surface area contributed by atoms with Crippen LogP contribution in [0, 0.1) is 6.92 Å². The first-order chi connectivity index (χ1) is 11.3. The molecular weight excluding hydrogens is 356 g/mol. The molecule has 9 nitrogen and oxygen atoms in total. The summed E-state index contributed by atoms with van der Waals surface area (Å²) in [4.78, 5) is 4.40. The van der Waals surface area contributed by atoms with Gasteiger partial charge in [-0.3, -0.25) is 4.68 Å². The van der Waals surface area contributed by atoms with Crippen molar-refractivity contribution in [3.05, 3.63) is 22.5 Å². The number of hydrogen-bond acceptors (Lipinski definition) is 6. The maximum atomic E-state index is 12.8. The summed E-state index contributed by atoms with van der Waals surface area (Å²) in [6, 6.07) is -0.461. The van der Waals surface area contributed by atoms with Gasteiger partial charge in [-0.2, -0.15) is 10.2 Å². The summed E-state index contributed by atoms with van der Waals surface area (Å²) in [5, 5.41) is 8.48. The number of rotatable bonds is 5. The first-order valence-corrected chi connectivity index (χ1v) is 9.33. The maximum absolute atomic E-state index is 12.8. The largest absolute Gasteiger partial charge is 0.377 e. The minimum atomic E-state index is -3.82. The van der Waals surface area contributed by atoms with Gasteiger partial charge in [-0.15, -0.1) is 0 Å². The first kappa shape index (κ1) is 17.3. The lowest BCUT2D eigenvalue weighted by molar-refractivity contribution is 0.177. The highest BCUT2D eigenvalue weighted by atomic mass is 35.5. The molecule has 0 fully saturated rings. The predicted molar refractivity (Wildman–Crippen MR) is 86.0 cm³/mol. The topological polar surface area (TPSA) is 104 Å². The van der Waals surface area contributed by atoms with Gasteiger partial charge in [0.15, 0.2) is 5.82 Å². The third-order valence-corrected chi connectivity index (χ3v) is 6.02. The van der Waals surface area contributed by atoms with Gasteiger partial charge < -0.3 is 4.74 Å². The molecule has 0 saturated heterocycles. The van der Waals surface area contributed by atoms with E-state index in [1.165, 1.54) is 4.68 Å². The fourth-order valence-electron chi connectivity index (χ4n) is 2.86. The lowest BCUT2D eigenvalue weighted by atomic mass is 10.1. The molecule has 2 aromatic rings. The first-order valence-electron chi connectivity index (χ1n) is 7.47. The van der Waals surface area contributed by atoms with Crippen molar-refractivity contribution in [1.29, 1.82) is 0 Å². The molecule has 0 amide bonds. The van der Waals surface area contributed by atoms with Crippen LogP contribution in [-0.2, 0) is 35.0 Å². The van der Waals surface area contributed by atoms with Gasteiger partial charge in [0.25, 0.3) is 0 Å². The van der Waals surface area contributed by atoms with E-state index in [1.807, 2.05) is 0 Å². The highest BCUT2D eigenvalue weighted by Crippen LogP contribution is 2.29. The Morgan fingerprint density at radius 3 is 2.79 bits per heavy atom. The van der Waals surface area contributed by atoms with Crippen molar-refractivity contribution >= 4 is 21.6 Å². The minimum absolute atomic E-state index is 0.000389. The molecule has 2 aromatic heterocycles. The Labute approximate surface area is 145 Å². The third kappa shape index (κ3) is 3.06. The molecule has 1 atom stereocenters. The van der Waals surface area contributed by atoms with Crippen LogP contribution in [0.2, 0.25) is 5.15 Å². The number of aryl methyl sites for hydroxylation is 3. The van der Waals surface area contributed by atoms with Gasteiger partial charge in [0.05, 0.1) is 11.7 Å². The number of nitrogens with zero attached hydrogens (tertiary/aromatic N) is 5. The minimum Gasteiger partial charge on any atom is -0.377 e. The molecule has 3 heterocycles. The monoisotopic (exact) mass is 374 g/mol. The Morgan fingerprint density at radius 1 is 1.42 bits per heavy atom. The molecule has 0 spiro atoms. The van der Waals surface area contributed by atoms with Crippen molar-refractivity contribution < 1.29 is 13.2 Å². The molecule has 24 heavy (non-hydrogen) atoms. The van der Waals surface area contributed by atoms with E-state index < -0.39 is 16.1 Å². The summed E-state index contributed by atoms with van der Waals surface area (Å²) >= 11 is 6.09. The van der Waals surface area contributed by atoms with Crippen molar-refractivity contribution in [2.75, 3.05) is 7.11 Å². The van der Waals surface area contributed by atoms with Crippen molar-refractivity contribution in [2.24, 2.45) is 7.05 Å². The van der Waals surface area contributed by atoms with Gasteiger partial charge in [0.1, 0.15) is 22.5 Å². The summed E-state index contributed by atoms with van der Waals surface area (Å²) in [7, 11) is -0.661. The summed E-state index contributed by atoms with van der Waals surface area (Å²) < 4.78 is 36.3. The Bertz CT molecular complexity index is 859.